The molecule has 4 rings (SSSR count). The lowest BCUT2D eigenvalue weighted by Crippen LogP contribution is -2.53. The van der Waals surface area contributed by atoms with Gasteiger partial charge in [0, 0.05) is 38.3 Å². The number of rotatable bonds is 1. The molecule has 0 saturated carbocycles. The molecule has 2 aromatic heterocycles. The molecule has 108 valence electrons. The predicted octanol–water partition coefficient (Wildman–Crippen LogP) is 1.27. The van der Waals surface area contributed by atoms with E-state index in [4.69, 9.17) is 4.42 Å². The van der Waals surface area contributed by atoms with E-state index in [1.165, 1.54) is 0 Å². The molecule has 0 aliphatic carbocycles. The SMILES string of the molecule is O=C(c1nccc2occc12)N1CCN2C(=O)CCC2C1. The van der Waals surface area contributed by atoms with Crippen molar-refractivity contribution in [3.63, 3.8) is 0 Å². The van der Waals surface area contributed by atoms with E-state index in [0.717, 1.165) is 11.8 Å². The third-order valence-corrected chi connectivity index (χ3v) is 4.36. The number of nitrogens with zero attached hydrogens (tertiary/aromatic N) is 3. The zero-order chi connectivity index (χ0) is 14.4. The number of aromatic nitrogens is 1. The molecule has 2 aliphatic rings. The van der Waals surface area contributed by atoms with Crippen LogP contribution in [0.3, 0.4) is 0 Å². The van der Waals surface area contributed by atoms with Crippen LogP contribution in [0.2, 0.25) is 0 Å². The maximum absolute atomic E-state index is 12.7. The Morgan fingerprint density at radius 2 is 2.24 bits per heavy atom. The van der Waals surface area contributed by atoms with Gasteiger partial charge in [-0.1, -0.05) is 0 Å². The number of hydrogen-bond donors (Lipinski definition) is 0. The first kappa shape index (κ1) is 12.4. The van der Waals surface area contributed by atoms with Crippen LogP contribution in [0.4, 0.5) is 0 Å². The molecule has 2 fully saturated rings. The molecule has 1 unspecified atom stereocenters. The minimum atomic E-state index is -0.0824. The van der Waals surface area contributed by atoms with Crippen LogP contribution in [-0.2, 0) is 4.79 Å². The smallest absolute Gasteiger partial charge is 0.273 e. The van der Waals surface area contributed by atoms with Gasteiger partial charge in [-0.25, -0.2) is 0 Å². The third kappa shape index (κ3) is 1.90. The maximum Gasteiger partial charge on any atom is 0.273 e. The van der Waals surface area contributed by atoms with Crippen molar-refractivity contribution >= 4 is 22.8 Å². The van der Waals surface area contributed by atoms with Gasteiger partial charge in [-0.15, -0.1) is 0 Å². The van der Waals surface area contributed by atoms with Crippen LogP contribution in [0.5, 0.6) is 0 Å². The lowest BCUT2D eigenvalue weighted by molar-refractivity contribution is -0.130. The molecule has 6 nitrogen and oxygen atoms in total. The van der Waals surface area contributed by atoms with Gasteiger partial charge in [0.2, 0.25) is 5.91 Å². The lowest BCUT2D eigenvalue weighted by atomic mass is 10.1. The van der Waals surface area contributed by atoms with Crippen molar-refractivity contribution in [2.75, 3.05) is 19.6 Å². The van der Waals surface area contributed by atoms with Crippen molar-refractivity contribution in [2.45, 2.75) is 18.9 Å². The summed E-state index contributed by atoms with van der Waals surface area (Å²) < 4.78 is 5.32. The standard InChI is InChI=1S/C15H15N3O3/c19-13-2-1-10-9-17(6-7-18(10)13)15(20)14-11-4-8-21-12(11)3-5-16-14/h3-5,8,10H,1-2,6-7,9H2. The summed E-state index contributed by atoms with van der Waals surface area (Å²) in [5.41, 5.74) is 1.10. The van der Waals surface area contributed by atoms with E-state index in [1.807, 2.05) is 4.90 Å². The second-order valence-electron chi connectivity index (χ2n) is 5.52. The first-order valence-electron chi connectivity index (χ1n) is 7.15. The lowest BCUT2D eigenvalue weighted by Gasteiger charge is -2.37. The fourth-order valence-electron chi connectivity index (χ4n) is 3.26. The van der Waals surface area contributed by atoms with Crippen molar-refractivity contribution < 1.29 is 14.0 Å². The van der Waals surface area contributed by atoms with Crippen molar-refractivity contribution in [3.05, 3.63) is 30.3 Å². The molecule has 21 heavy (non-hydrogen) atoms. The van der Waals surface area contributed by atoms with Crippen LogP contribution in [-0.4, -0.2) is 52.3 Å². The van der Waals surface area contributed by atoms with Crippen molar-refractivity contribution in [1.82, 2.24) is 14.8 Å². The maximum atomic E-state index is 12.7. The van der Waals surface area contributed by atoms with Crippen LogP contribution < -0.4 is 0 Å². The van der Waals surface area contributed by atoms with E-state index in [9.17, 15) is 9.59 Å². The van der Waals surface area contributed by atoms with Gasteiger partial charge in [0.15, 0.2) is 0 Å². The molecule has 0 N–H and O–H groups in total. The van der Waals surface area contributed by atoms with Gasteiger partial charge in [0.25, 0.3) is 5.91 Å². The summed E-state index contributed by atoms with van der Waals surface area (Å²) >= 11 is 0. The van der Waals surface area contributed by atoms with Gasteiger partial charge in [0.1, 0.15) is 11.3 Å². The van der Waals surface area contributed by atoms with E-state index in [0.29, 0.717) is 37.3 Å². The summed E-state index contributed by atoms with van der Waals surface area (Å²) in [4.78, 5) is 32.3. The van der Waals surface area contributed by atoms with E-state index in [-0.39, 0.29) is 17.9 Å². The number of furan rings is 1. The van der Waals surface area contributed by atoms with Gasteiger partial charge in [-0.2, -0.15) is 0 Å². The molecule has 0 bridgehead atoms. The Bertz CT molecular complexity index is 724. The van der Waals surface area contributed by atoms with Crippen LogP contribution >= 0.6 is 0 Å². The largest absolute Gasteiger partial charge is 0.464 e. The number of pyridine rings is 1. The highest BCUT2D eigenvalue weighted by Gasteiger charge is 2.37. The highest BCUT2D eigenvalue weighted by molar-refractivity contribution is 6.04. The molecule has 0 aromatic carbocycles. The number of carbonyl (C=O) groups is 2. The quantitative estimate of drug-likeness (QED) is 0.791. The molecule has 2 saturated heterocycles. The fraction of sp³-hybridized carbons (Fsp3) is 0.400. The minimum absolute atomic E-state index is 0.0824. The van der Waals surface area contributed by atoms with E-state index < -0.39 is 0 Å². The number of fused-ring (bicyclic) bond motifs is 2. The second kappa shape index (κ2) is 4.58. The number of hydrogen-bond acceptors (Lipinski definition) is 4. The Balaban J connectivity index is 1.61. The Kier molecular flexibility index (Phi) is 2.70. The summed E-state index contributed by atoms with van der Waals surface area (Å²) in [6.45, 7) is 1.79. The highest BCUT2D eigenvalue weighted by Crippen LogP contribution is 2.25. The molecule has 2 aliphatic heterocycles. The summed E-state index contributed by atoms with van der Waals surface area (Å²) in [5.74, 6) is 0.128. The Morgan fingerprint density at radius 3 is 3.14 bits per heavy atom. The minimum Gasteiger partial charge on any atom is -0.464 e. The van der Waals surface area contributed by atoms with Crippen molar-refractivity contribution in [1.29, 1.82) is 0 Å². The summed E-state index contributed by atoms with van der Waals surface area (Å²) in [7, 11) is 0. The van der Waals surface area contributed by atoms with E-state index in [1.54, 1.807) is 29.5 Å². The van der Waals surface area contributed by atoms with Crippen LogP contribution in [0.1, 0.15) is 23.3 Å². The molecule has 0 radical (unpaired) electrons. The zero-order valence-corrected chi connectivity index (χ0v) is 11.5. The topological polar surface area (TPSA) is 66.7 Å². The molecule has 4 heterocycles. The first-order valence-corrected chi connectivity index (χ1v) is 7.15. The summed E-state index contributed by atoms with van der Waals surface area (Å²) in [5, 5.41) is 0.743. The van der Waals surface area contributed by atoms with Gasteiger partial charge < -0.3 is 14.2 Å². The monoisotopic (exact) mass is 285 g/mol. The number of amides is 2. The molecular weight excluding hydrogens is 270 g/mol. The molecular formula is C15H15N3O3. The van der Waals surface area contributed by atoms with Crippen molar-refractivity contribution in [3.8, 4) is 0 Å². The molecule has 0 spiro atoms. The molecule has 2 aromatic rings. The van der Waals surface area contributed by atoms with Gasteiger partial charge in [-0.3, -0.25) is 14.6 Å². The summed E-state index contributed by atoms with van der Waals surface area (Å²) in [6, 6.07) is 3.68. The molecule has 2 amide bonds. The summed E-state index contributed by atoms with van der Waals surface area (Å²) in [6.07, 6.45) is 4.60. The third-order valence-electron chi connectivity index (χ3n) is 4.36. The second-order valence-corrected chi connectivity index (χ2v) is 5.52. The van der Waals surface area contributed by atoms with Crippen LogP contribution in [0.15, 0.2) is 29.0 Å². The highest BCUT2D eigenvalue weighted by atomic mass is 16.3. The first-order chi connectivity index (χ1) is 10.2. The normalized spacial score (nSPS) is 21.9. The zero-order valence-electron chi connectivity index (χ0n) is 11.5. The van der Waals surface area contributed by atoms with Crippen molar-refractivity contribution in [2.24, 2.45) is 0 Å². The molecule has 6 heteroatoms. The van der Waals surface area contributed by atoms with Gasteiger partial charge >= 0.3 is 0 Å². The average Bonchev–Trinajstić information content (AvgIpc) is 3.13. The van der Waals surface area contributed by atoms with E-state index >= 15 is 0 Å². The van der Waals surface area contributed by atoms with Gasteiger partial charge in [0.05, 0.1) is 11.6 Å². The van der Waals surface area contributed by atoms with Crippen LogP contribution in [0, 0.1) is 0 Å². The Morgan fingerprint density at radius 1 is 1.33 bits per heavy atom. The van der Waals surface area contributed by atoms with Crippen LogP contribution in [0.25, 0.3) is 11.0 Å². The average molecular weight is 285 g/mol. The fourth-order valence-corrected chi connectivity index (χ4v) is 3.26. The van der Waals surface area contributed by atoms with Gasteiger partial charge in [-0.05, 0) is 18.6 Å². The Labute approximate surface area is 121 Å². The van der Waals surface area contributed by atoms with E-state index in [2.05, 4.69) is 4.98 Å². The number of carbonyl (C=O) groups excluding carboxylic acids is 2. The molecule has 1 atom stereocenters. The predicted molar refractivity (Wildman–Crippen MR) is 74.6 cm³/mol. The number of piperazine rings is 1. The Hall–Kier alpha value is -2.37.